The molecule has 11 aliphatic rings. The van der Waals surface area contributed by atoms with Gasteiger partial charge in [0.1, 0.15) is 29.5 Å². The molecule has 0 radical (unpaired) electrons. The topological polar surface area (TPSA) is 220 Å². The highest BCUT2D eigenvalue weighted by Crippen LogP contribution is 2.76. The van der Waals surface area contributed by atoms with Gasteiger partial charge in [-0.05, 0) is 254 Å². The normalized spacial score (nSPS) is 32.2. The van der Waals surface area contributed by atoms with Gasteiger partial charge < -0.3 is 56.0 Å². The number of aliphatic hydroxyl groups excluding tert-OH is 3. The number of aromatic nitrogens is 2. The van der Waals surface area contributed by atoms with Gasteiger partial charge in [-0.1, -0.05) is 97.6 Å². The molecule has 3 aliphatic heterocycles. The highest BCUT2D eigenvalue weighted by atomic mass is 16.5. The van der Waals surface area contributed by atoms with E-state index in [2.05, 4.69) is 86.7 Å². The molecule has 12 atom stereocenters. The third-order valence-corrected chi connectivity index (χ3v) is 27.0. The number of fused-ring (bicyclic) bond motifs is 12. The lowest BCUT2D eigenvalue weighted by molar-refractivity contribution is -0.136. The molecule has 10 N–H and O–H groups in total. The maximum atomic E-state index is 17.1. The Balaban J connectivity index is 0.971. The first-order valence-electron chi connectivity index (χ1n) is 37.3. The van der Waals surface area contributed by atoms with E-state index in [-0.39, 0.29) is 101 Å². The van der Waals surface area contributed by atoms with Crippen molar-refractivity contribution in [1.29, 1.82) is 0 Å². The number of ketones is 2. The predicted molar refractivity (Wildman–Crippen MR) is 379 cm³/mol. The molecular formula is C85H94N4O9. The number of aryl methyl sites for hydroxylation is 3. The Labute approximate surface area is 575 Å². The van der Waals surface area contributed by atoms with Crippen LogP contribution in [0.3, 0.4) is 0 Å². The summed E-state index contributed by atoms with van der Waals surface area (Å²) in [4.78, 5) is 40.3. The van der Waals surface area contributed by atoms with Gasteiger partial charge in [-0.15, -0.1) is 0 Å². The minimum atomic E-state index is -1.52. The SMILES string of the molecule is O=C1CCc2cc(OC3CCCC3)c(O)c(c2)C(O)c2cc3c4cc2-c2ccccc2CCCNCC2C#CC(Nc5[nH]ccc5C3)C3=C(CC#CC5C6(CCC45C2O)CCC2(CCCC24CCCC4)C6)c2[nH]ccc2C(CC2(O)C=Cc4c(O)cccc4CC2)C3C(=O)C1CCO. The summed E-state index contributed by atoms with van der Waals surface area (Å²) in [6.07, 6.45) is 24.5. The summed E-state index contributed by atoms with van der Waals surface area (Å²) in [7, 11) is 0. The van der Waals surface area contributed by atoms with Crippen molar-refractivity contribution >= 4 is 29.0 Å². The number of rotatable bonds is 6. The smallest absolute Gasteiger partial charge is 0.163 e. The highest BCUT2D eigenvalue weighted by Gasteiger charge is 2.69. The van der Waals surface area contributed by atoms with E-state index in [1.165, 1.54) is 44.9 Å². The molecule has 0 amide bonds. The second kappa shape index (κ2) is 24.9. The van der Waals surface area contributed by atoms with Crippen LogP contribution in [0.2, 0.25) is 0 Å². The van der Waals surface area contributed by atoms with Gasteiger partial charge in [0, 0.05) is 78.9 Å². The molecule has 5 fully saturated rings. The molecule has 6 aromatic rings. The fourth-order valence-corrected chi connectivity index (χ4v) is 22.3. The van der Waals surface area contributed by atoms with Crippen LogP contribution in [0.15, 0.2) is 103 Å². The van der Waals surface area contributed by atoms with Gasteiger partial charge in [0.15, 0.2) is 17.3 Å². The summed E-state index contributed by atoms with van der Waals surface area (Å²) < 4.78 is 6.80. The van der Waals surface area contributed by atoms with Crippen LogP contribution in [-0.4, -0.2) is 95.7 Å². The van der Waals surface area contributed by atoms with Crippen LogP contribution in [0.4, 0.5) is 5.82 Å². The number of nitrogens with one attached hydrogen (secondary N) is 4. The van der Waals surface area contributed by atoms with Crippen LogP contribution in [0, 0.1) is 63.6 Å². The monoisotopic (exact) mass is 1310 g/mol. The number of ether oxygens (including phenoxy) is 1. The molecule has 12 unspecified atom stereocenters. The van der Waals surface area contributed by atoms with Crippen molar-refractivity contribution in [2.24, 2.45) is 39.9 Å². The van der Waals surface area contributed by atoms with Crippen LogP contribution >= 0.6 is 0 Å². The van der Waals surface area contributed by atoms with E-state index >= 15 is 9.59 Å². The first kappa shape index (κ1) is 63.8. The summed E-state index contributed by atoms with van der Waals surface area (Å²) >= 11 is 0. The number of aromatic amines is 2. The van der Waals surface area contributed by atoms with Crippen LogP contribution in [0.5, 0.6) is 17.2 Å². The Bertz CT molecular complexity index is 4360. The van der Waals surface area contributed by atoms with E-state index in [4.69, 9.17) is 4.74 Å². The number of anilines is 1. The van der Waals surface area contributed by atoms with E-state index in [9.17, 15) is 30.6 Å². The van der Waals surface area contributed by atoms with Crippen molar-refractivity contribution in [2.45, 2.75) is 208 Å². The second-order valence-electron chi connectivity index (χ2n) is 31.9. The van der Waals surface area contributed by atoms with E-state index < -0.39 is 59.5 Å². The Morgan fingerprint density at radius 3 is 2.38 bits per heavy atom. The maximum absolute atomic E-state index is 17.1. The molecule has 4 spiro atoms. The van der Waals surface area contributed by atoms with Gasteiger partial charge in [-0.3, -0.25) is 9.59 Å². The fraction of sp³-hybridized carbons (Fsp3) is 0.506. The summed E-state index contributed by atoms with van der Waals surface area (Å²) in [6, 6.07) is 25.3. The van der Waals surface area contributed by atoms with E-state index in [0.717, 1.165) is 120 Å². The van der Waals surface area contributed by atoms with Gasteiger partial charge in [0.05, 0.1) is 35.6 Å². The number of hydrogen-bond donors (Lipinski definition) is 10. The first-order valence-corrected chi connectivity index (χ1v) is 37.3. The first-order chi connectivity index (χ1) is 47.7. The minimum Gasteiger partial charge on any atom is -0.507 e. The van der Waals surface area contributed by atoms with Gasteiger partial charge in [0.2, 0.25) is 0 Å². The zero-order valence-electron chi connectivity index (χ0n) is 56.4. The lowest BCUT2D eigenvalue weighted by Crippen LogP contribution is -2.52. The molecule has 5 saturated carbocycles. The third-order valence-electron chi connectivity index (χ3n) is 27.0. The van der Waals surface area contributed by atoms with Crippen LogP contribution < -0.4 is 15.4 Å². The van der Waals surface area contributed by atoms with E-state index in [1.54, 1.807) is 24.3 Å². The molecule has 98 heavy (non-hydrogen) atoms. The molecule has 5 heterocycles. The summed E-state index contributed by atoms with van der Waals surface area (Å²) in [5.41, 5.74) is 9.48. The number of carbonyl (C=O) groups excluding carboxylic acids is 2. The van der Waals surface area contributed by atoms with Crippen molar-refractivity contribution in [3.63, 3.8) is 0 Å². The second-order valence-corrected chi connectivity index (χ2v) is 31.9. The van der Waals surface area contributed by atoms with Crippen molar-refractivity contribution in [3.8, 4) is 52.1 Å². The maximum Gasteiger partial charge on any atom is 0.163 e. The number of Topliss-reactive ketones (excluding diaryl/α,β-unsaturated/α-hetero) is 2. The number of phenolic OH excluding ortho intramolecular Hbond substituents is 2. The molecule has 13 heteroatoms. The quantitative estimate of drug-likeness (QED) is 0.0558. The zero-order valence-corrected chi connectivity index (χ0v) is 56.4. The molecule has 4 aromatic carbocycles. The summed E-state index contributed by atoms with van der Waals surface area (Å²) in [5.74, 6) is 11.9. The number of benzene rings is 4. The van der Waals surface area contributed by atoms with Crippen LogP contribution in [0.25, 0.3) is 22.8 Å². The van der Waals surface area contributed by atoms with Gasteiger partial charge >= 0.3 is 0 Å². The van der Waals surface area contributed by atoms with Gasteiger partial charge in [-0.2, -0.15) is 0 Å². The number of hydrogen-bond acceptors (Lipinski definition) is 11. The Kier molecular flexibility index (Phi) is 16.2. The number of allylic oxidation sites excluding steroid dienone is 1. The van der Waals surface area contributed by atoms with Gasteiger partial charge in [0.25, 0.3) is 0 Å². The zero-order chi connectivity index (χ0) is 66.7. The number of phenols is 2. The highest BCUT2D eigenvalue weighted by molar-refractivity contribution is 6.06. The molecule has 2 aromatic heterocycles. The Morgan fingerprint density at radius 1 is 0.694 bits per heavy atom. The van der Waals surface area contributed by atoms with Crippen molar-refractivity contribution in [3.05, 3.63) is 164 Å². The molecular weight excluding hydrogens is 1220 g/mol. The summed E-state index contributed by atoms with van der Waals surface area (Å²) in [5, 5.41) is 85.3. The minimum absolute atomic E-state index is 0.0604. The average Bonchev–Trinajstić information content (AvgIpc) is 1.51. The standard InChI is InChI=1S/C85H94N4O9/c90-42-28-61-70(92)23-20-51-43-65(77(94)71(44-51)98-57-14-2-3-15-57)76(93)64-46-56-45-54-26-40-88-80(54)89-68-22-21-55-49-86-39-9-13-52-11-1-4-16-58(52)63(64)47-67(56)85(79(55)96)38-36-81(35-37-83(50-81)32-10-31-82(83)29-5-6-30-82)72(85)19-8-17-62-73(68)74(78(61)95)66(60-27-41-87-75(60)62)48-84(97)33-24-53-12-7-18-69(91)59(53)25-34-84/h1,4,7,11-12,16,18,25-27,34,40-41,43-44,46-47,55,57,61,66,68,72,74,76,79,86-91,93-94,96-97H,2-3,5-6,9-10,13-15,17,20,23-24,28-33,35-39,42,45,48-50H2. The lowest BCUT2D eigenvalue weighted by atomic mass is 9.57. The summed E-state index contributed by atoms with van der Waals surface area (Å²) in [6.45, 7) is 0.542. The molecule has 8 aliphatic carbocycles. The predicted octanol–water partition coefficient (Wildman–Crippen LogP) is 13.7. The number of aliphatic hydroxyl groups is 4. The number of aromatic hydroxyl groups is 2. The van der Waals surface area contributed by atoms with Crippen molar-refractivity contribution < 1.29 is 45.0 Å². The fourth-order valence-electron chi connectivity index (χ4n) is 22.3. The Morgan fingerprint density at radius 2 is 1.51 bits per heavy atom. The van der Waals surface area contributed by atoms with E-state index in [0.29, 0.717) is 60.4 Å². The average molecular weight is 1320 g/mol. The molecule has 17 rings (SSSR count). The number of H-pyrrole nitrogens is 2. The molecule has 0 saturated heterocycles. The van der Waals surface area contributed by atoms with Crippen LogP contribution in [0.1, 0.15) is 215 Å². The molecule has 508 valence electrons. The van der Waals surface area contributed by atoms with Crippen LogP contribution in [-0.2, 0) is 40.7 Å². The molecule has 9 bridgehead atoms. The lowest BCUT2D eigenvalue weighted by Gasteiger charge is -2.47. The Hall–Kier alpha value is -7.62. The van der Waals surface area contributed by atoms with Crippen molar-refractivity contribution in [2.75, 3.05) is 25.0 Å². The number of carbonyl (C=O) groups is 2. The van der Waals surface area contributed by atoms with Crippen molar-refractivity contribution in [1.82, 2.24) is 15.3 Å². The third kappa shape index (κ3) is 10.4. The molecule has 13 nitrogen and oxygen atoms in total. The van der Waals surface area contributed by atoms with Gasteiger partial charge in [-0.25, -0.2) is 0 Å². The largest absolute Gasteiger partial charge is 0.507 e. The van der Waals surface area contributed by atoms with E-state index in [1.807, 2.05) is 36.7 Å².